The molecule has 1 N–H and O–H groups in total. The van der Waals surface area contributed by atoms with E-state index in [0.29, 0.717) is 18.4 Å². The van der Waals surface area contributed by atoms with Crippen LogP contribution < -0.4 is 0 Å². The van der Waals surface area contributed by atoms with E-state index in [-0.39, 0.29) is 0 Å². The molecule has 0 aliphatic carbocycles. The fourth-order valence-electron chi connectivity index (χ4n) is 2.68. The maximum Gasteiger partial charge on any atom is 0.0678 e. The van der Waals surface area contributed by atoms with E-state index in [4.69, 9.17) is 0 Å². The predicted octanol–water partition coefficient (Wildman–Crippen LogP) is 3.58. The Hall–Kier alpha value is -0.830. The van der Waals surface area contributed by atoms with Crippen LogP contribution in [0.25, 0.3) is 0 Å². The van der Waals surface area contributed by atoms with Crippen LogP contribution in [-0.2, 0) is 6.42 Å². The van der Waals surface area contributed by atoms with Crippen LogP contribution in [-0.4, -0.2) is 20.5 Å². The maximum atomic E-state index is 10.4. The third-order valence-electron chi connectivity index (χ3n) is 3.39. The average molecular weight is 252 g/mol. The van der Waals surface area contributed by atoms with Gasteiger partial charge in [0.25, 0.3) is 0 Å². The molecule has 3 nitrogen and oxygen atoms in total. The molecular formula is C15H28N2O. The minimum Gasteiger partial charge on any atom is -0.390 e. The Morgan fingerprint density at radius 2 is 1.94 bits per heavy atom. The molecule has 1 aromatic heterocycles. The lowest BCUT2D eigenvalue weighted by Gasteiger charge is -2.24. The Bertz CT molecular complexity index is 351. The first-order valence-electron chi connectivity index (χ1n) is 7.14. The van der Waals surface area contributed by atoms with E-state index < -0.39 is 5.60 Å². The van der Waals surface area contributed by atoms with Gasteiger partial charge in [0.05, 0.1) is 17.3 Å². The van der Waals surface area contributed by atoms with Gasteiger partial charge in [0.15, 0.2) is 0 Å². The molecule has 1 aromatic rings. The first-order valence-corrected chi connectivity index (χ1v) is 7.14. The zero-order valence-corrected chi connectivity index (χ0v) is 12.5. The molecule has 18 heavy (non-hydrogen) atoms. The summed E-state index contributed by atoms with van der Waals surface area (Å²) in [5.41, 5.74) is 0.342. The smallest absolute Gasteiger partial charge is 0.0678 e. The van der Waals surface area contributed by atoms with Crippen molar-refractivity contribution in [2.45, 2.75) is 71.9 Å². The molecule has 0 aromatic carbocycles. The summed E-state index contributed by atoms with van der Waals surface area (Å²) in [4.78, 5) is 0. The van der Waals surface area contributed by atoms with Crippen LogP contribution in [0.3, 0.4) is 0 Å². The number of rotatable bonds is 7. The van der Waals surface area contributed by atoms with E-state index in [1.807, 2.05) is 23.9 Å². The van der Waals surface area contributed by atoms with Crippen LogP contribution >= 0.6 is 0 Å². The Balaban J connectivity index is 2.69. The molecule has 0 fully saturated rings. The standard InChI is InChI=1S/C15H28N2O/c1-6-14(7-2)17-9-8-13(16-17)11-15(5,18)10-12(3)4/h8-9,12,14,18H,6-7,10-11H2,1-5H3. The molecule has 0 radical (unpaired) electrons. The van der Waals surface area contributed by atoms with E-state index in [0.717, 1.165) is 25.0 Å². The van der Waals surface area contributed by atoms with Gasteiger partial charge in [-0.1, -0.05) is 27.7 Å². The zero-order valence-electron chi connectivity index (χ0n) is 12.5. The van der Waals surface area contributed by atoms with Crippen LogP contribution in [0, 0.1) is 5.92 Å². The van der Waals surface area contributed by atoms with Gasteiger partial charge in [-0.15, -0.1) is 0 Å². The van der Waals surface area contributed by atoms with Gasteiger partial charge >= 0.3 is 0 Å². The second-order valence-corrected chi connectivity index (χ2v) is 6.03. The molecule has 0 spiro atoms. The molecule has 1 unspecified atom stereocenters. The van der Waals surface area contributed by atoms with Gasteiger partial charge < -0.3 is 5.11 Å². The summed E-state index contributed by atoms with van der Waals surface area (Å²) in [7, 11) is 0. The van der Waals surface area contributed by atoms with E-state index in [1.54, 1.807) is 0 Å². The zero-order chi connectivity index (χ0) is 13.8. The predicted molar refractivity (Wildman–Crippen MR) is 75.6 cm³/mol. The lowest BCUT2D eigenvalue weighted by molar-refractivity contribution is 0.0377. The van der Waals surface area contributed by atoms with Crippen LogP contribution in [0.2, 0.25) is 0 Å². The summed E-state index contributed by atoms with van der Waals surface area (Å²) < 4.78 is 2.04. The van der Waals surface area contributed by atoms with Gasteiger partial charge in [0, 0.05) is 12.6 Å². The van der Waals surface area contributed by atoms with Crippen molar-refractivity contribution in [1.29, 1.82) is 0 Å². The average Bonchev–Trinajstić information content (AvgIpc) is 2.65. The van der Waals surface area contributed by atoms with Crippen molar-refractivity contribution in [3.8, 4) is 0 Å². The molecule has 104 valence electrons. The van der Waals surface area contributed by atoms with Gasteiger partial charge in [-0.2, -0.15) is 5.10 Å². The molecule has 1 atom stereocenters. The Morgan fingerprint density at radius 1 is 1.33 bits per heavy atom. The first-order chi connectivity index (χ1) is 8.38. The minimum atomic E-state index is -0.652. The molecule has 3 heteroatoms. The van der Waals surface area contributed by atoms with E-state index in [1.165, 1.54) is 0 Å². The highest BCUT2D eigenvalue weighted by Gasteiger charge is 2.23. The maximum absolute atomic E-state index is 10.4. The molecule has 0 bridgehead atoms. The van der Waals surface area contributed by atoms with Crippen molar-refractivity contribution in [3.05, 3.63) is 18.0 Å². The summed E-state index contributed by atoms with van der Waals surface area (Å²) >= 11 is 0. The molecule has 0 amide bonds. The number of hydrogen-bond acceptors (Lipinski definition) is 2. The summed E-state index contributed by atoms with van der Waals surface area (Å²) in [6.07, 6.45) is 5.68. The molecule has 0 aliphatic rings. The summed E-state index contributed by atoms with van der Waals surface area (Å²) in [6.45, 7) is 10.5. The fourth-order valence-corrected chi connectivity index (χ4v) is 2.68. The second kappa shape index (κ2) is 6.37. The summed E-state index contributed by atoms with van der Waals surface area (Å²) in [5, 5.41) is 15.0. The van der Waals surface area contributed by atoms with E-state index in [2.05, 4.69) is 32.8 Å². The molecule has 0 saturated carbocycles. The fraction of sp³-hybridized carbons (Fsp3) is 0.800. The highest BCUT2D eigenvalue weighted by Crippen LogP contribution is 2.22. The van der Waals surface area contributed by atoms with Gasteiger partial charge in [-0.3, -0.25) is 4.68 Å². The summed E-state index contributed by atoms with van der Waals surface area (Å²) in [5.74, 6) is 0.501. The molecule has 0 saturated heterocycles. The van der Waals surface area contributed by atoms with Crippen molar-refractivity contribution in [1.82, 2.24) is 9.78 Å². The normalized spacial score (nSPS) is 15.3. The third kappa shape index (κ3) is 4.45. The lowest BCUT2D eigenvalue weighted by Crippen LogP contribution is -2.29. The van der Waals surface area contributed by atoms with Crippen molar-refractivity contribution in [3.63, 3.8) is 0 Å². The first kappa shape index (κ1) is 15.2. The highest BCUT2D eigenvalue weighted by atomic mass is 16.3. The van der Waals surface area contributed by atoms with Crippen LogP contribution in [0.4, 0.5) is 0 Å². The highest BCUT2D eigenvalue weighted by molar-refractivity contribution is 5.04. The van der Waals surface area contributed by atoms with Crippen molar-refractivity contribution < 1.29 is 5.11 Å². The Kier molecular flexibility index (Phi) is 5.39. The minimum absolute atomic E-state index is 0.480. The number of nitrogens with zero attached hydrogens (tertiary/aromatic N) is 2. The van der Waals surface area contributed by atoms with Crippen LogP contribution in [0.1, 0.15) is 65.6 Å². The quantitative estimate of drug-likeness (QED) is 0.805. The van der Waals surface area contributed by atoms with Crippen molar-refractivity contribution >= 4 is 0 Å². The van der Waals surface area contributed by atoms with Crippen molar-refractivity contribution in [2.24, 2.45) is 5.92 Å². The molecule has 1 rings (SSSR count). The topological polar surface area (TPSA) is 38.0 Å². The molecule has 0 aliphatic heterocycles. The summed E-state index contributed by atoms with van der Waals surface area (Å²) in [6, 6.07) is 2.52. The van der Waals surface area contributed by atoms with Gasteiger partial charge in [-0.05, 0) is 38.2 Å². The second-order valence-electron chi connectivity index (χ2n) is 6.03. The number of hydrogen-bond donors (Lipinski definition) is 1. The van der Waals surface area contributed by atoms with E-state index >= 15 is 0 Å². The number of aromatic nitrogens is 2. The van der Waals surface area contributed by atoms with Crippen LogP contribution in [0.5, 0.6) is 0 Å². The van der Waals surface area contributed by atoms with Gasteiger partial charge in [-0.25, -0.2) is 0 Å². The Labute approximate surface area is 111 Å². The third-order valence-corrected chi connectivity index (χ3v) is 3.39. The monoisotopic (exact) mass is 252 g/mol. The SMILES string of the molecule is CCC(CC)n1ccc(CC(C)(O)CC(C)C)n1. The molecular weight excluding hydrogens is 224 g/mol. The largest absolute Gasteiger partial charge is 0.390 e. The lowest BCUT2D eigenvalue weighted by atomic mass is 9.90. The van der Waals surface area contributed by atoms with Gasteiger partial charge in [0.2, 0.25) is 0 Å². The number of aliphatic hydroxyl groups is 1. The Morgan fingerprint density at radius 3 is 2.44 bits per heavy atom. The molecule has 1 heterocycles. The van der Waals surface area contributed by atoms with Crippen molar-refractivity contribution in [2.75, 3.05) is 0 Å². The van der Waals surface area contributed by atoms with E-state index in [9.17, 15) is 5.11 Å². The van der Waals surface area contributed by atoms with Gasteiger partial charge in [0.1, 0.15) is 0 Å². The van der Waals surface area contributed by atoms with Crippen LogP contribution in [0.15, 0.2) is 12.3 Å².